The highest BCUT2D eigenvalue weighted by Crippen LogP contribution is 2.34. The van der Waals surface area contributed by atoms with Crippen molar-refractivity contribution in [2.45, 2.75) is 32.0 Å². The van der Waals surface area contributed by atoms with Gasteiger partial charge in [-0.25, -0.2) is 0 Å². The number of morpholine rings is 1. The lowest BCUT2D eigenvalue weighted by Gasteiger charge is -2.29. The Hall–Kier alpha value is -3.01. The summed E-state index contributed by atoms with van der Waals surface area (Å²) in [6, 6.07) is 7.11. The maximum absolute atomic E-state index is 13.1. The molecule has 0 radical (unpaired) electrons. The largest absolute Gasteiger partial charge is 0.488 e. The van der Waals surface area contributed by atoms with Crippen LogP contribution < -0.4 is 10.1 Å². The first kappa shape index (κ1) is 21.8. The van der Waals surface area contributed by atoms with E-state index >= 15 is 0 Å². The van der Waals surface area contributed by atoms with Gasteiger partial charge in [-0.1, -0.05) is 18.7 Å². The number of rotatable bonds is 6. The number of hydrogen-bond donors (Lipinski definition) is 1. The topological polar surface area (TPSA) is 88.2 Å². The first-order valence-electron chi connectivity index (χ1n) is 11.0. The van der Waals surface area contributed by atoms with Crippen molar-refractivity contribution < 1.29 is 25.3 Å². The molecule has 1 N–H and O–H groups in total. The van der Waals surface area contributed by atoms with Gasteiger partial charge in [-0.2, -0.15) is 0 Å². The fraction of sp³-hybridized carbons (Fsp3) is 0.375. The summed E-state index contributed by atoms with van der Waals surface area (Å²) in [7, 11) is 0. The second-order valence-corrected chi connectivity index (χ2v) is 9.36. The molecule has 0 spiro atoms. The minimum absolute atomic E-state index is 0. The zero-order valence-corrected chi connectivity index (χ0v) is 19.0. The van der Waals surface area contributed by atoms with Crippen LogP contribution in [0.3, 0.4) is 0 Å². The molecule has 0 bridgehead atoms. The van der Waals surface area contributed by atoms with Crippen molar-refractivity contribution in [3.63, 3.8) is 0 Å². The number of carbonyl (C=O) groups excluding carboxylic acids is 3. The van der Waals surface area contributed by atoms with Crippen LogP contribution in [0.15, 0.2) is 41.9 Å². The van der Waals surface area contributed by atoms with Crippen LogP contribution in [0.2, 0.25) is 0 Å². The Morgan fingerprint density at radius 2 is 1.91 bits per heavy atom. The van der Waals surface area contributed by atoms with Gasteiger partial charge in [0.15, 0.2) is 0 Å². The van der Waals surface area contributed by atoms with Crippen LogP contribution in [0.4, 0.5) is 0 Å². The van der Waals surface area contributed by atoms with Crippen molar-refractivity contribution in [1.82, 2.24) is 15.1 Å². The van der Waals surface area contributed by atoms with E-state index in [-0.39, 0.29) is 13.9 Å². The molecular formula is C24H27N3O5S. The Kier molecular flexibility index (Phi) is 6.01. The van der Waals surface area contributed by atoms with Crippen LogP contribution in [-0.4, -0.2) is 59.9 Å². The molecular weight excluding hydrogens is 442 g/mol. The van der Waals surface area contributed by atoms with Crippen molar-refractivity contribution in [2.75, 3.05) is 26.3 Å². The van der Waals surface area contributed by atoms with E-state index in [1.54, 1.807) is 5.38 Å². The monoisotopic (exact) mass is 469 g/mol. The zero-order valence-electron chi connectivity index (χ0n) is 18.2. The molecule has 9 heteroatoms. The molecule has 1 aromatic carbocycles. The van der Waals surface area contributed by atoms with E-state index in [2.05, 4.69) is 16.8 Å². The lowest BCUT2D eigenvalue weighted by atomic mass is 10.0. The SMILES string of the molecule is C=C1CC[C@H](N2C(=O)c3csc(COc4ccc(CN5CCOCC5)cc4)c3C2=O)C(=O)N1.[HH]. The standard InChI is InChI=1S/C24H25N3O5S.H2/c1-15-2-7-19(22(28)25-15)27-23(29)18-14-33-20(21(18)24(27)30)13-32-17-5-3-16(4-6-17)12-26-8-10-31-11-9-26;/h3-6,14,19H,1-2,7-13H2,(H,25,28);1H/t19-;/m0./s1. The lowest BCUT2D eigenvalue weighted by molar-refractivity contribution is -0.125. The predicted octanol–water partition coefficient (Wildman–Crippen LogP) is 2.79. The van der Waals surface area contributed by atoms with Gasteiger partial charge >= 0.3 is 0 Å². The first-order chi connectivity index (χ1) is 16.0. The highest BCUT2D eigenvalue weighted by atomic mass is 32.1. The summed E-state index contributed by atoms with van der Waals surface area (Å²) < 4.78 is 11.3. The quantitative estimate of drug-likeness (QED) is 0.655. The normalized spacial score (nSPS) is 21.3. The number of benzene rings is 1. The Morgan fingerprint density at radius 3 is 2.64 bits per heavy atom. The van der Waals surface area contributed by atoms with Crippen molar-refractivity contribution >= 4 is 29.1 Å². The number of thiophene rings is 1. The fourth-order valence-electron chi connectivity index (χ4n) is 4.39. The number of nitrogens with zero attached hydrogens (tertiary/aromatic N) is 2. The summed E-state index contributed by atoms with van der Waals surface area (Å²) in [6.07, 6.45) is 0.927. The summed E-state index contributed by atoms with van der Waals surface area (Å²) >= 11 is 1.33. The van der Waals surface area contributed by atoms with Gasteiger partial charge in [0, 0.05) is 32.1 Å². The highest BCUT2D eigenvalue weighted by Gasteiger charge is 2.45. The molecule has 2 saturated heterocycles. The maximum atomic E-state index is 13.1. The van der Waals surface area contributed by atoms with Crippen molar-refractivity contribution in [3.05, 3.63) is 63.5 Å². The molecule has 174 valence electrons. The van der Waals surface area contributed by atoms with Gasteiger partial charge in [0.2, 0.25) is 5.91 Å². The van der Waals surface area contributed by atoms with Gasteiger partial charge in [0.05, 0.1) is 29.2 Å². The Labute approximate surface area is 197 Å². The number of fused-ring (bicyclic) bond motifs is 1. The lowest BCUT2D eigenvalue weighted by Crippen LogP contribution is -2.51. The van der Waals surface area contributed by atoms with Gasteiger partial charge in [0.25, 0.3) is 11.8 Å². The first-order valence-corrected chi connectivity index (χ1v) is 11.9. The van der Waals surface area contributed by atoms with Crippen LogP contribution in [0.5, 0.6) is 5.75 Å². The molecule has 0 aliphatic carbocycles. The predicted molar refractivity (Wildman–Crippen MR) is 124 cm³/mol. The molecule has 1 atom stereocenters. The molecule has 0 unspecified atom stereocenters. The van der Waals surface area contributed by atoms with Crippen LogP contribution in [-0.2, 0) is 22.7 Å². The van der Waals surface area contributed by atoms with Crippen molar-refractivity contribution in [1.29, 1.82) is 0 Å². The average molecular weight is 470 g/mol. The molecule has 33 heavy (non-hydrogen) atoms. The minimum Gasteiger partial charge on any atom is -0.488 e. The average Bonchev–Trinajstić information content (AvgIpc) is 3.34. The number of carbonyl (C=O) groups is 3. The van der Waals surface area contributed by atoms with Crippen molar-refractivity contribution in [2.24, 2.45) is 0 Å². The van der Waals surface area contributed by atoms with Gasteiger partial charge in [-0.3, -0.25) is 24.2 Å². The summed E-state index contributed by atoms with van der Waals surface area (Å²) in [5.74, 6) is -0.514. The summed E-state index contributed by atoms with van der Waals surface area (Å²) in [4.78, 5) is 42.5. The Morgan fingerprint density at radius 1 is 1.15 bits per heavy atom. The number of nitrogens with one attached hydrogen (secondary N) is 1. The third-order valence-corrected chi connectivity index (χ3v) is 7.15. The molecule has 5 rings (SSSR count). The molecule has 3 amide bonds. The van der Waals surface area contributed by atoms with Gasteiger partial charge in [-0.15, -0.1) is 11.3 Å². The Balaban J connectivity index is 0.00000274. The zero-order chi connectivity index (χ0) is 22.9. The smallest absolute Gasteiger partial charge is 0.263 e. The number of ether oxygens (including phenoxy) is 2. The summed E-state index contributed by atoms with van der Waals surface area (Å²) in [5.41, 5.74) is 2.51. The third kappa shape index (κ3) is 4.31. The van der Waals surface area contributed by atoms with Crippen LogP contribution in [0.25, 0.3) is 0 Å². The van der Waals surface area contributed by atoms with E-state index in [4.69, 9.17) is 9.47 Å². The van der Waals surface area contributed by atoms with Crippen LogP contribution >= 0.6 is 11.3 Å². The van der Waals surface area contributed by atoms with Gasteiger partial charge in [0.1, 0.15) is 18.4 Å². The fourth-order valence-corrected chi connectivity index (χ4v) is 5.31. The van der Waals surface area contributed by atoms with Crippen LogP contribution in [0.1, 0.15) is 45.4 Å². The number of allylic oxidation sites excluding steroid dienone is 1. The number of piperidine rings is 1. The highest BCUT2D eigenvalue weighted by molar-refractivity contribution is 7.10. The molecule has 0 saturated carbocycles. The van der Waals surface area contributed by atoms with E-state index in [1.807, 2.05) is 24.3 Å². The molecule has 4 heterocycles. The molecule has 2 fully saturated rings. The molecule has 8 nitrogen and oxygen atoms in total. The van der Waals surface area contributed by atoms with E-state index in [0.29, 0.717) is 40.3 Å². The third-order valence-electron chi connectivity index (χ3n) is 6.19. The summed E-state index contributed by atoms with van der Waals surface area (Å²) in [6.45, 7) is 8.21. The maximum Gasteiger partial charge on any atom is 0.263 e. The Bertz CT molecular complexity index is 1110. The number of amides is 3. The van der Waals surface area contributed by atoms with Crippen molar-refractivity contribution in [3.8, 4) is 5.75 Å². The van der Waals surface area contributed by atoms with Crippen LogP contribution in [0, 0.1) is 0 Å². The van der Waals surface area contributed by atoms with E-state index in [0.717, 1.165) is 37.7 Å². The molecule has 3 aliphatic heterocycles. The molecule has 2 aromatic rings. The number of hydrogen-bond acceptors (Lipinski definition) is 7. The minimum atomic E-state index is -0.805. The van der Waals surface area contributed by atoms with Gasteiger partial charge in [-0.05, 0) is 30.5 Å². The van der Waals surface area contributed by atoms with E-state index < -0.39 is 17.9 Å². The second-order valence-electron chi connectivity index (χ2n) is 8.40. The van der Waals surface area contributed by atoms with Gasteiger partial charge < -0.3 is 14.8 Å². The number of imide groups is 1. The molecule has 3 aliphatic rings. The van der Waals surface area contributed by atoms with E-state index in [9.17, 15) is 14.4 Å². The van der Waals surface area contributed by atoms with E-state index in [1.165, 1.54) is 16.9 Å². The summed E-state index contributed by atoms with van der Waals surface area (Å²) in [5, 5.41) is 4.33. The second kappa shape index (κ2) is 9.09. The molecule has 1 aromatic heterocycles.